The maximum atomic E-state index is 6.15. The third kappa shape index (κ3) is 4.25. The van der Waals surface area contributed by atoms with E-state index in [1.807, 2.05) is 12.1 Å². The molecule has 1 saturated carbocycles. The number of nitrogens with zero attached hydrogens (tertiary/aromatic N) is 1. The molecule has 1 aromatic rings. The van der Waals surface area contributed by atoms with E-state index in [0.29, 0.717) is 0 Å². The zero-order chi connectivity index (χ0) is 12.3. The lowest BCUT2D eigenvalue weighted by Crippen LogP contribution is -2.30. The Morgan fingerprint density at radius 1 is 1.47 bits per heavy atom. The molecule has 2 nitrogen and oxygen atoms in total. The first-order valence-corrected chi connectivity index (χ1v) is 7.19. The van der Waals surface area contributed by atoms with Gasteiger partial charge in [-0.15, -0.1) is 0 Å². The normalized spacial score (nSPS) is 15.5. The van der Waals surface area contributed by atoms with E-state index in [-0.39, 0.29) is 0 Å². The van der Waals surface area contributed by atoms with Gasteiger partial charge in [0, 0.05) is 35.2 Å². The van der Waals surface area contributed by atoms with E-state index < -0.39 is 0 Å². The van der Waals surface area contributed by atoms with Gasteiger partial charge in [0.25, 0.3) is 0 Å². The Labute approximate surface area is 116 Å². The number of rotatable bonds is 6. The number of hydrogen-bond donors (Lipinski definition) is 1. The minimum Gasteiger partial charge on any atom is -0.311 e. The summed E-state index contributed by atoms with van der Waals surface area (Å²) < 4.78 is 1.03. The predicted molar refractivity (Wildman–Crippen MR) is 76.5 cm³/mol. The molecule has 0 radical (unpaired) electrons. The quantitative estimate of drug-likeness (QED) is 0.810. The van der Waals surface area contributed by atoms with Crippen LogP contribution in [-0.4, -0.2) is 31.1 Å². The summed E-state index contributed by atoms with van der Waals surface area (Å²) in [5.74, 6) is 0. The van der Waals surface area contributed by atoms with Crippen molar-refractivity contribution in [2.24, 2.45) is 0 Å². The van der Waals surface area contributed by atoms with E-state index in [4.69, 9.17) is 11.6 Å². The van der Waals surface area contributed by atoms with Crippen molar-refractivity contribution in [3.05, 3.63) is 33.3 Å². The van der Waals surface area contributed by atoms with E-state index in [1.165, 1.54) is 12.8 Å². The van der Waals surface area contributed by atoms with Crippen LogP contribution in [0.3, 0.4) is 0 Å². The van der Waals surface area contributed by atoms with E-state index in [1.54, 1.807) is 0 Å². The topological polar surface area (TPSA) is 15.3 Å². The minimum atomic E-state index is 0.822. The molecule has 0 saturated heterocycles. The molecule has 0 spiro atoms. The first kappa shape index (κ1) is 13.3. The molecule has 0 aliphatic heterocycles. The highest BCUT2D eigenvalue weighted by molar-refractivity contribution is 9.10. The van der Waals surface area contributed by atoms with Crippen LogP contribution in [-0.2, 0) is 6.54 Å². The lowest BCUT2D eigenvalue weighted by atomic mass is 10.2. The molecule has 0 atom stereocenters. The summed E-state index contributed by atoms with van der Waals surface area (Å²) in [5, 5.41) is 4.26. The summed E-state index contributed by atoms with van der Waals surface area (Å²) in [7, 11) is 2.20. The Balaban J connectivity index is 1.70. The molecule has 1 aromatic carbocycles. The van der Waals surface area contributed by atoms with Gasteiger partial charge in [0.1, 0.15) is 0 Å². The van der Waals surface area contributed by atoms with Crippen LogP contribution in [0.1, 0.15) is 18.4 Å². The molecule has 17 heavy (non-hydrogen) atoms. The van der Waals surface area contributed by atoms with E-state index >= 15 is 0 Å². The maximum Gasteiger partial charge on any atom is 0.0462 e. The first-order chi connectivity index (χ1) is 8.16. The number of halogens is 2. The van der Waals surface area contributed by atoms with Crippen molar-refractivity contribution < 1.29 is 0 Å². The van der Waals surface area contributed by atoms with Crippen LogP contribution in [0.4, 0.5) is 0 Å². The standard InChI is InChI=1S/C13H18BrClN2/c1-17(12-4-5-12)7-6-16-9-10-2-3-11(14)8-13(10)15/h2-3,8,12,16H,4-7,9H2,1H3. The molecule has 1 aliphatic rings. The zero-order valence-electron chi connectivity index (χ0n) is 10.0. The summed E-state index contributed by atoms with van der Waals surface area (Å²) >= 11 is 9.56. The summed E-state index contributed by atoms with van der Waals surface area (Å²) in [6.45, 7) is 2.96. The Hall–Kier alpha value is -0.0900. The van der Waals surface area contributed by atoms with Crippen LogP contribution in [0.25, 0.3) is 0 Å². The third-order valence-electron chi connectivity index (χ3n) is 3.14. The highest BCUT2D eigenvalue weighted by Gasteiger charge is 2.25. The average molecular weight is 318 g/mol. The summed E-state index contributed by atoms with van der Waals surface area (Å²) in [6, 6.07) is 6.87. The van der Waals surface area contributed by atoms with Gasteiger partial charge in [0.15, 0.2) is 0 Å². The second-order valence-corrected chi connectivity index (χ2v) is 5.95. The van der Waals surface area contributed by atoms with E-state index in [0.717, 1.165) is 40.7 Å². The molecular weight excluding hydrogens is 300 g/mol. The lowest BCUT2D eigenvalue weighted by molar-refractivity contribution is 0.321. The van der Waals surface area contributed by atoms with E-state index in [9.17, 15) is 0 Å². The second kappa shape index (κ2) is 6.19. The van der Waals surface area contributed by atoms with Gasteiger partial charge in [-0.05, 0) is 37.6 Å². The van der Waals surface area contributed by atoms with Crippen molar-refractivity contribution in [1.82, 2.24) is 10.2 Å². The van der Waals surface area contributed by atoms with Crippen molar-refractivity contribution in [3.63, 3.8) is 0 Å². The van der Waals surface area contributed by atoms with Crippen LogP contribution >= 0.6 is 27.5 Å². The van der Waals surface area contributed by atoms with Crippen molar-refractivity contribution in [3.8, 4) is 0 Å². The Morgan fingerprint density at radius 3 is 2.88 bits per heavy atom. The van der Waals surface area contributed by atoms with Gasteiger partial charge >= 0.3 is 0 Å². The third-order valence-corrected chi connectivity index (χ3v) is 3.99. The molecule has 0 aromatic heterocycles. The molecule has 0 heterocycles. The number of nitrogens with one attached hydrogen (secondary N) is 1. The number of hydrogen-bond acceptors (Lipinski definition) is 2. The van der Waals surface area contributed by atoms with Crippen molar-refractivity contribution in [2.45, 2.75) is 25.4 Å². The highest BCUT2D eigenvalue weighted by atomic mass is 79.9. The Morgan fingerprint density at radius 2 is 2.24 bits per heavy atom. The van der Waals surface area contributed by atoms with Crippen molar-refractivity contribution in [1.29, 1.82) is 0 Å². The van der Waals surface area contributed by atoms with Gasteiger partial charge in [-0.1, -0.05) is 33.6 Å². The molecule has 0 amide bonds. The fourth-order valence-corrected chi connectivity index (χ4v) is 2.58. The summed E-state index contributed by atoms with van der Waals surface area (Å²) in [6.07, 6.45) is 2.74. The maximum absolute atomic E-state index is 6.15. The SMILES string of the molecule is CN(CCNCc1ccc(Br)cc1Cl)C1CC1. The molecule has 0 unspecified atom stereocenters. The van der Waals surface area contributed by atoms with Gasteiger partial charge in [0.2, 0.25) is 0 Å². The minimum absolute atomic E-state index is 0.822. The first-order valence-electron chi connectivity index (χ1n) is 6.01. The number of benzene rings is 1. The fourth-order valence-electron chi connectivity index (χ4n) is 1.84. The zero-order valence-corrected chi connectivity index (χ0v) is 12.4. The highest BCUT2D eigenvalue weighted by Crippen LogP contribution is 2.24. The summed E-state index contributed by atoms with van der Waals surface area (Å²) in [4.78, 5) is 2.43. The monoisotopic (exact) mass is 316 g/mol. The van der Waals surface area contributed by atoms with Crippen LogP contribution in [0.2, 0.25) is 5.02 Å². The summed E-state index contributed by atoms with van der Waals surface area (Å²) in [5.41, 5.74) is 1.16. The molecule has 1 fully saturated rings. The molecule has 0 bridgehead atoms. The second-order valence-electron chi connectivity index (χ2n) is 4.62. The Bertz CT molecular complexity index is 380. The lowest BCUT2D eigenvalue weighted by Gasteiger charge is -2.16. The van der Waals surface area contributed by atoms with Crippen LogP contribution in [0, 0.1) is 0 Å². The number of likely N-dealkylation sites (N-methyl/N-ethyl adjacent to an activating group) is 1. The largest absolute Gasteiger partial charge is 0.311 e. The fraction of sp³-hybridized carbons (Fsp3) is 0.538. The van der Waals surface area contributed by atoms with Gasteiger partial charge in [-0.25, -0.2) is 0 Å². The molecule has 1 N–H and O–H groups in total. The molecule has 4 heteroatoms. The van der Waals surface area contributed by atoms with Crippen molar-refractivity contribution >= 4 is 27.5 Å². The van der Waals surface area contributed by atoms with Crippen LogP contribution in [0.15, 0.2) is 22.7 Å². The van der Waals surface area contributed by atoms with Gasteiger partial charge in [-0.3, -0.25) is 0 Å². The molecule has 94 valence electrons. The smallest absolute Gasteiger partial charge is 0.0462 e. The average Bonchev–Trinajstić information content (AvgIpc) is 3.10. The van der Waals surface area contributed by atoms with Gasteiger partial charge in [0.05, 0.1) is 0 Å². The van der Waals surface area contributed by atoms with Gasteiger partial charge in [-0.2, -0.15) is 0 Å². The predicted octanol–water partition coefficient (Wildman–Crippen LogP) is 3.29. The Kier molecular flexibility index (Phi) is 4.86. The van der Waals surface area contributed by atoms with Gasteiger partial charge < -0.3 is 10.2 Å². The molecular formula is C13H18BrClN2. The van der Waals surface area contributed by atoms with Crippen LogP contribution in [0.5, 0.6) is 0 Å². The molecule has 1 aliphatic carbocycles. The van der Waals surface area contributed by atoms with Crippen LogP contribution < -0.4 is 5.32 Å². The van der Waals surface area contributed by atoms with Crippen molar-refractivity contribution in [2.75, 3.05) is 20.1 Å². The molecule has 2 rings (SSSR count). The van der Waals surface area contributed by atoms with E-state index in [2.05, 4.69) is 39.3 Å².